The summed E-state index contributed by atoms with van der Waals surface area (Å²) in [6.45, 7) is 0. The molecule has 0 saturated carbocycles. The number of amides is 1. The number of carbonyl (C=O) groups excluding carboxylic acids is 2. The number of nitrogens with zero attached hydrogens (tertiary/aromatic N) is 2. The number of fused-ring (bicyclic) bond motifs is 2. The van der Waals surface area contributed by atoms with E-state index in [1.807, 2.05) is 0 Å². The number of furan rings is 1. The Labute approximate surface area is 212 Å². The molecule has 1 aliphatic heterocycles. The molecule has 0 bridgehead atoms. The molecule has 4 aromatic rings. The van der Waals surface area contributed by atoms with Gasteiger partial charge in [0.2, 0.25) is 5.78 Å². The lowest BCUT2D eigenvalue weighted by Crippen LogP contribution is -2.18. The Hall–Kier alpha value is -3.79. The fourth-order valence-corrected chi connectivity index (χ4v) is 7.01. The van der Waals surface area contributed by atoms with E-state index < -0.39 is 27.3 Å². The first-order chi connectivity index (χ1) is 17.8. The van der Waals surface area contributed by atoms with Crippen molar-refractivity contribution in [2.75, 3.05) is 16.8 Å². The molecule has 1 saturated heterocycles. The van der Waals surface area contributed by atoms with E-state index in [1.165, 1.54) is 24.3 Å². The summed E-state index contributed by atoms with van der Waals surface area (Å²) in [5, 5.41) is 8.04. The molecule has 1 fully saturated rings. The molecule has 3 heterocycles. The summed E-state index contributed by atoms with van der Waals surface area (Å²) in [5.41, 5.74) is 2.85. The van der Waals surface area contributed by atoms with E-state index in [1.54, 1.807) is 28.9 Å². The zero-order valence-electron chi connectivity index (χ0n) is 19.9. The van der Waals surface area contributed by atoms with Gasteiger partial charge in [0.1, 0.15) is 11.4 Å². The number of anilines is 1. The van der Waals surface area contributed by atoms with Crippen LogP contribution in [0.3, 0.4) is 0 Å². The second-order valence-corrected chi connectivity index (χ2v) is 11.8. The fourth-order valence-electron chi connectivity index (χ4n) is 5.31. The molecule has 0 radical (unpaired) electrons. The Morgan fingerprint density at radius 2 is 1.81 bits per heavy atom. The van der Waals surface area contributed by atoms with Gasteiger partial charge < -0.3 is 9.73 Å². The minimum atomic E-state index is -3.13. The number of benzene rings is 2. The molecule has 1 atom stereocenters. The Bertz CT molecular complexity index is 1650. The van der Waals surface area contributed by atoms with Crippen molar-refractivity contribution in [3.8, 4) is 0 Å². The maximum absolute atomic E-state index is 13.6. The normalized spacial score (nSPS) is 18.6. The molecule has 6 rings (SSSR count). The lowest BCUT2D eigenvalue weighted by atomic mass is 9.95. The van der Waals surface area contributed by atoms with Gasteiger partial charge >= 0.3 is 0 Å². The van der Waals surface area contributed by atoms with Gasteiger partial charge in [0.15, 0.2) is 21.3 Å². The Balaban J connectivity index is 1.39. The van der Waals surface area contributed by atoms with Gasteiger partial charge in [0, 0.05) is 22.2 Å². The van der Waals surface area contributed by atoms with Crippen LogP contribution in [0.25, 0.3) is 11.0 Å². The number of aromatic nitrogens is 2. The van der Waals surface area contributed by atoms with Crippen molar-refractivity contribution in [1.29, 1.82) is 0 Å². The van der Waals surface area contributed by atoms with Crippen LogP contribution >= 0.6 is 0 Å². The van der Waals surface area contributed by atoms with E-state index in [0.29, 0.717) is 23.8 Å². The third kappa shape index (κ3) is 4.25. The van der Waals surface area contributed by atoms with Gasteiger partial charge in [0.05, 0.1) is 23.2 Å². The summed E-state index contributed by atoms with van der Waals surface area (Å²) >= 11 is 0. The van der Waals surface area contributed by atoms with Gasteiger partial charge in [-0.15, -0.1) is 0 Å². The van der Waals surface area contributed by atoms with Crippen molar-refractivity contribution >= 4 is 38.2 Å². The van der Waals surface area contributed by atoms with Crippen molar-refractivity contribution < 1.29 is 26.8 Å². The topological polar surface area (TPSA) is 111 Å². The largest absolute Gasteiger partial charge is 0.450 e. The average Bonchev–Trinajstić information content (AvgIpc) is 3.57. The van der Waals surface area contributed by atoms with Gasteiger partial charge in [0.25, 0.3) is 5.91 Å². The van der Waals surface area contributed by atoms with Crippen LogP contribution in [0.1, 0.15) is 63.2 Å². The van der Waals surface area contributed by atoms with Gasteiger partial charge in [-0.25, -0.2) is 12.8 Å². The molecular weight excluding hydrogens is 497 g/mol. The summed E-state index contributed by atoms with van der Waals surface area (Å²) in [6, 6.07) is 11.8. The van der Waals surface area contributed by atoms with Crippen LogP contribution in [-0.2, 0) is 22.7 Å². The van der Waals surface area contributed by atoms with Crippen molar-refractivity contribution in [2.45, 2.75) is 38.1 Å². The number of hydrogen-bond acceptors (Lipinski definition) is 6. The zero-order chi connectivity index (χ0) is 25.7. The predicted octanol–water partition coefficient (Wildman–Crippen LogP) is 4.49. The third-order valence-corrected chi connectivity index (χ3v) is 8.88. The van der Waals surface area contributed by atoms with Crippen LogP contribution < -0.4 is 5.32 Å². The Morgan fingerprint density at radius 3 is 2.57 bits per heavy atom. The van der Waals surface area contributed by atoms with Crippen molar-refractivity contribution in [3.63, 3.8) is 0 Å². The Morgan fingerprint density at radius 1 is 1.05 bits per heavy atom. The first-order valence-electron chi connectivity index (χ1n) is 12.2. The standard InChI is InChI=1S/C27H24FN3O5S/c28-17-11-9-16(10-12-17)25(32)26-23(20-6-2-4-8-22(20)36-26)29-27(33)24-19-5-1-3-7-21(19)31(30-24)18-13-14-37(34,35)15-18/h2,4,6,8-12,18H,1,3,5,7,13-15H2,(H,29,33)/t18-/m1/s1. The number of rotatable bonds is 5. The van der Waals surface area contributed by atoms with E-state index in [2.05, 4.69) is 10.4 Å². The van der Waals surface area contributed by atoms with Crippen LogP contribution in [0.2, 0.25) is 0 Å². The van der Waals surface area contributed by atoms with E-state index in [9.17, 15) is 22.4 Å². The first kappa shape index (κ1) is 23.6. The van der Waals surface area contributed by atoms with E-state index >= 15 is 0 Å². The quantitative estimate of drug-likeness (QED) is 0.388. The van der Waals surface area contributed by atoms with Crippen molar-refractivity contribution in [2.24, 2.45) is 0 Å². The molecule has 0 unspecified atom stereocenters. The summed E-state index contributed by atoms with van der Waals surface area (Å²) in [7, 11) is -3.13. The number of ketones is 1. The molecule has 2 aromatic carbocycles. The molecule has 2 aliphatic rings. The molecule has 2 aromatic heterocycles. The van der Waals surface area contributed by atoms with E-state index in [-0.39, 0.29) is 40.3 Å². The highest BCUT2D eigenvalue weighted by atomic mass is 32.2. The van der Waals surface area contributed by atoms with Crippen molar-refractivity contribution in [3.05, 3.63) is 82.6 Å². The van der Waals surface area contributed by atoms with Crippen LogP contribution in [0, 0.1) is 5.82 Å². The van der Waals surface area contributed by atoms with E-state index in [4.69, 9.17) is 4.42 Å². The lowest BCUT2D eigenvalue weighted by molar-refractivity contribution is 0.101. The molecular formula is C27H24FN3O5S. The maximum atomic E-state index is 13.6. The number of carbonyl (C=O) groups is 2. The van der Waals surface area contributed by atoms with Gasteiger partial charge in [-0.05, 0) is 68.5 Å². The zero-order valence-corrected chi connectivity index (χ0v) is 20.7. The van der Waals surface area contributed by atoms with Gasteiger partial charge in [-0.1, -0.05) is 12.1 Å². The molecule has 1 N–H and O–H groups in total. The minimum Gasteiger partial charge on any atom is -0.450 e. The predicted molar refractivity (Wildman–Crippen MR) is 135 cm³/mol. The fraction of sp³-hybridized carbons (Fsp3) is 0.296. The molecule has 0 spiro atoms. The van der Waals surface area contributed by atoms with Gasteiger partial charge in [-0.2, -0.15) is 5.10 Å². The molecule has 8 nitrogen and oxygen atoms in total. The van der Waals surface area contributed by atoms with Crippen LogP contribution in [0.5, 0.6) is 0 Å². The smallest absolute Gasteiger partial charge is 0.276 e. The summed E-state index contributed by atoms with van der Waals surface area (Å²) in [4.78, 5) is 26.9. The second kappa shape index (κ2) is 8.95. The van der Waals surface area contributed by atoms with Crippen LogP contribution in [-0.4, -0.2) is 41.4 Å². The van der Waals surface area contributed by atoms with Gasteiger partial charge in [-0.3, -0.25) is 14.3 Å². The molecule has 10 heteroatoms. The highest BCUT2D eigenvalue weighted by Crippen LogP contribution is 2.35. The first-order valence-corrected chi connectivity index (χ1v) is 14.1. The number of sulfone groups is 1. The number of para-hydroxylation sites is 1. The highest BCUT2D eigenvalue weighted by molar-refractivity contribution is 7.91. The SMILES string of the molecule is O=C(Nc1c(C(=O)c2ccc(F)cc2)oc2ccccc12)c1nn([C@@H]2CCS(=O)(=O)C2)c2c1CCCC2. The molecule has 1 amide bonds. The summed E-state index contributed by atoms with van der Waals surface area (Å²) in [6.07, 6.45) is 3.73. The lowest BCUT2D eigenvalue weighted by Gasteiger charge is -2.17. The highest BCUT2D eigenvalue weighted by Gasteiger charge is 2.35. The van der Waals surface area contributed by atoms with Crippen LogP contribution in [0.4, 0.5) is 10.1 Å². The number of hydrogen-bond donors (Lipinski definition) is 1. The average molecular weight is 522 g/mol. The minimum absolute atomic E-state index is 0.0187. The monoisotopic (exact) mass is 521 g/mol. The molecule has 190 valence electrons. The van der Waals surface area contributed by atoms with E-state index in [0.717, 1.165) is 30.5 Å². The number of nitrogens with one attached hydrogen (secondary N) is 1. The summed E-state index contributed by atoms with van der Waals surface area (Å²) in [5.74, 6) is -1.37. The Kier molecular flexibility index (Phi) is 5.71. The third-order valence-electron chi connectivity index (χ3n) is 7.12. The summed E-state index contributed by atoms with van der Waals surface area (Å²) < 4.78 is 45.2. The second-order valence-electron chi connectivity index (χ2n) is 9.57. The van der Waals surface area contributed by atoms with Crippen molar-refractivity contribution in [1.82, 2.24) is 9.78 Å². The molecule has 1 aliphatic carbocycles. The molecule has 37 heavy (non-hydrogen) atoms. The number of halogens is 1. The van der Waals surface area contributed by atoms with Crippen LogP contribution in [0.15, 0.2) is 52.9 Å². The maximum Gasteiger partial charge on any atom is 0.276 e.